The van der Waals surface area contributed by atoms with Gasteiger partial charge in [0.25, 0.3) is 10.2 Å². The van der Waals surface area contributed by atoms with E-state index in [2.05, 4.69) is 4.72 Å². The van der Waals surface area contributed by atoms with Crippen molar-refractivity contribution in [2.75, 3.05) is 53.0 Å². The lowest BCUT2D eigenvalue weighted by Gasteiger charge is -2.38. The SMILES string of the molecule is CCOc1cc(C(F)(F)F)ccc1C1=NC(c2ccc(Cl)cc2)C(c2ccc(Cl)cc2)N1C(=O)N1CCN(S(=O)(=O)NCCOC)CC1. The van der Waals surface area contributed by atoms with Crippen LogP contribution in [0, 0.1) is 0 Å². The Morgan fingerprint density at radius 1 is 0.958 bits per heavy atom. The highest BCUT2D eigenvalue weighted by molar-refractivity contribution is 7.87. The second-order valence-corrected chi connectivity index (χ2v) is 13.6. The predicted molar refractivity (Wildman–Crippen MR) is 177 cm³/mol. The lowest BCUT2D eigenvalue weighted by molar-refractivity contribution is -0.137. The molecule has 3 aromatic carbocycles. The maximum Gasteiger partial charge on any atom is 0.416 e. The third kappa shape index (κ3) is 7.90. The predicted octanol–water partition coefficient (Wildman–Crippen LogP) is 6.17. The van der Waals surface area contributed by atoms with Crippen molar-refractivity contribution in [1.82, 2.24) is 18.8 Å². The Bertz CT molecular complexity index is 1740. The summed E-state index contributed by atoms with van der Waals surface area (Å²) in [6.07, 6.45) is -4.63. The summed E-state index contributed by atoms with van der Waals surface area (Å²) < 4.78 is 81.3. The number of ether oxygens (including phenoxy) is 2. The van der Waals surface area contributed by atoms with Crippen LogP contribution in [0.5, 0.6) is 5.75 Å². The van der Waals surface area contributed by atoms with Crippen LogP contribution < -0.4 is 9.46 Å². The summed E-state index contributed by atoms with van der Waals surface area (Å²) in [5, 5.41) is 0.958. The number of methoxy groups -OCH3 is 1. The number of halogens is 5. The first-order chi connectivity index (χ1) is 22.8. The van der Waals surface area contributed by atoms with Crippen molar-refractivity contribution in [2.24, 2.45) is 4.99 Å². The topological polar surface area (TPSA) is 104 Å². The number of rotatable bonds is 10. The Balaban J connectivity index is 1.59. The number of amidine groups is 1. The smallest absolute Gasteiger partial charge is 0.416 e. The molecule has 0 bridgehead atoms. The highest BCUT2D eigenvalue weighted by Crippen LogP contribution is 2.46. The molecule has 0 aliphatic carbocycles. The average molecular weight is 729 g/mol. The van der Waals surface area contributed by atoms with Gasteiger partial charge in [0.15, 0.2) is 0 Å². The lowest BCUT2D eigenvalue weighted by Crippen LogP contribution is -2.56. The molecular weight excluding hydrogens is 694 g/mol. The fourth-order valence-electron chi connectivity index (χ4n) is 5.65. The number of benzene rings is 3. The molecule has 3 aromatic rings. The van der Waals surface area contributed by atoms with Gasteiger partial charge in [-0.15, -0.1) is 0 Å². The zero-order chi connectivity index (χ0) is 34.6. The van der Waals surface area contributed by atoms with Gasteiger partial charge in [-0.1, -0.05) is 47.5 Å². The lowest BCUT2D eigenvalue weighted by atomic mass is 9.93. The van der Waals surface area contributed by atoms with E-state index in [0.717, 1.165) is 12.1 Å². The van der Waals surface area contributed by atoms with Crippen molar-refractivity contribution in [3.8, 4) is 5.75 Å². The van der Waals surface area contributed by atoms with Gasteiger partial charge in [-0.25, -0.2) is 4.79 Å². The first-order valence-electron chi connectivity index (χ1n) is 15.1. The van der Waals surface area contributed by atoms with E-state index in [1.807, 2.05) is 0 Å². The number of alkyl halides is 3. The van der Waals surface area contributed by atoms with E-state index in [4.69, 9.17) is 37.7 Å². The van der Waals surface area contributed by atoms with Crippen LogP contribution in [0.1, 0.15) is 41.3 Å². The van der Waals surface area contributed by atoms with Crippen LogP contribution >= 0.6 is 23.2 Å². The van der Waals surface area contributed by atoms with Gasteiger partial charge in [0.1, 0.15) is 17.6 Å². The molecule has 0 saturated carbocycles. The van der Waals surface area contributed by atoms with Crippen LogP contribution in [-0.2, 0) is 21.1 Å². The third-order valence-corrected chi connectivity index (χ3v) is 10.1. The van der Waals surface area contributed by atoms with Gasteiger partial charge in [-0.2, -0.15) is 30.6 Å². The first kappa shape index (κ1) is 35.9. The van der Waals surface area contributed by atoms with Crippen LogP contribution in [-0.4, -0.2) is 87.4 Å². The van der Waals surface area contributed by atoms with E-state index in [1.54, 1.807) is 55.5 Å². The first-order valence-corrected chi connectivity index (χ1v) is 17.3. The summed E-state index contributed by atoms with van der Waals surface area (Å²) in [5.41, 5.74) is 0.651. The molecule has 2 aliphatic rings. The molecule has 1 fully saturated rings. The normalized spacial score (nSPS) is 19.0. The Kier molecular flexibility index (Phi) is 11.2. The van der Waals surface area contributed by atoms with Crippen molar-refractivity contribution in [2.45, 2.75) is 25.2 Å². The minimum absolute atomic E-state index is 0.0189. The summed E-state index contributed by atoms with van der Waals surface area (Å²) in [7, 11) is -2.35. The van der Waals surface area contributed by atoms with Gasteiger partial charge in [0.2, 0.25) is 0 Å². The van der Waals surface area contributed by atoms with E-state index in [0.29, 0.717) is 21.2 Å². The fourth-order valence-corrected chi connectivity index (χ4v) is 7.07. The van der Waals surface area contributed by atoms with E-state index in [1.165, 1.54) is 27.3 Å². The Labute approximate surface area is 287 Å². The molecule has 48 heavy (non-hydrogen) atoms. The van der Waals surface area contributed by atoms with Gasteiger partial charge in [-0.05, 0) is 60.5 Å². The van der Waals surface area contributed by atoms with Crippen LogP contribution in [0.4, 0.5) is 18.0 Å². The van der Waals surface area contributed by atoms with Gasteiger partial charge < -0.3 is 14.4 Å². The minimum Gasteiger partial charge on any atom is -0.493 e. The molecule has 2 unspecified atom stereocenters. The van der Waals surface area contributed by atoms with E-state index in [9.17, 15) is 26.4 Å². The number of hydrogen-bond acceptors (Lipinski definition) is 6. The molecule has 2 heterocycles. The van der Waals surface area contributed by atoms with E-state index in [-0.39, 0.29) is 63.1 Å². The molecule has 1 N–H and O–H groups in total. The van der Waals surface area contributed by atoms with Crippen molar-refractivity contribution in [1.29, 1.82) is 0 Å². The van der Waals surface area contributed by atoms with Crippen molar-refractivity contribution < 1.29 is 35.9 Å². The number of carbonyl (C=O) groups excluding carboxylic acids is 1. The molecule has 2 aliphatic heterocycles. The standard InChI is InChI=1S/C32H34Cl2F3N5O5S/c1-3-47-27-20-23(32(35,36)37)8-13-26(27)30-39-28(21-4-9-24(33)10-5-21)29(22-6-11-25(34)12-7-22)42(30)31(43)40-15-17-41(18-16-40)48(44,45)38-14-19-46-2/h4-13,20,28-29,38H,3,14-19H2,1-2H3. The number of hydrogen-bond donors (Lipinski definition) is 1. The molecule has 0 spiro atoms. The van der Waals surface area contributed by atoms with Gasteiger partial charge in [0, 0.05) is 49.9 Å². The number of carbonyl (C=O) groups is 1. The molecular formula is C32H34Cl2F3N5O5S. The summed E-state index contributed by atoms with van der Waals surface area (Å²) in [6, 6.07) is 15.0. The second kappa shape index (κ2) is 15.0. The zero-order valence-corrected chi connectivity index (χ0v) is 28.4. The molecule has 0 radical (unpaired) electrons. The molecule has 16 heteroatoms. The average Bonchev–Trinajstić information content (AvgIpc) is 3.45. The number of nitrogens with zero attached hydrogens (tertiary/aromatic N) is 4. The van der Waals surface area contributed by atoms with E-state index >= 15 is 0 Å². The minimum atomic E-state index is -4.63. The quantitative estimate of drug-likeness (QED) is 0.252. The highest BCUT2D eigenvalue weighted by Gasteiger charge is 2.45. The summed E-state index contributed by atoms with van der Waals surface area (Å²) >= 11 is 12.4. The van der Waals surface area contributed by atoms with Crippen LogP contribution in [0.3, 0.4) is 0 Å². The van der Waals surface area contributed by atoms with Crippen molar-refractivity contribution >= 4 is 45.3 Å². The van der Waals surface area contributed by atoms with Crippen LogP contribution in [0.15, 0.2) is 71.7 Å². The van der Waals surface area contributed by atoms with E-state index < -0.39 is 40.1 Å². The third-order valence-electron chi connectivity index (χ3n) is 7.99. The van der Waals surface area contributed by atoms with Crippen LogP contribution in [0.2, 0.25) is 10.0 Å². The van der Waals surface area contributed by atoms with Crippen LogP contribution in [0.25, 0.3) is 0 Å². The van der Waals surface area contributed by atoms with Gasteiger partial charge in [-0.3, -0.25) is 9.89 Å². The molecule has 2 atom stereocenters. The molecule has 258 valence electrons. The number of piperazine rings is 1. The largest absolute Gasteiger partial charge is 0.493 e. The monoisotopic (exact) mass is 727 g/mol. The number of aliphatic imine (C=N–C) groups is 1. The summed E-state index contributed by atoms with van der Waals surface area (Å²) in [5.74, 6) is 0.0156. The van der Waals surface area contributed by atoms with Gasteiger partial charge in [0.05, 0.1) is 30.4 Å². The fraction of sp³-hybridized carbons (Fsp3) is 0.375. The maximum absolute atomic E-state index is 14.6. The molecule has 2 amide bonds. The van der Waals surface area contributed by atoms with Crippen molar-refractivity contribution in [3.63, 3.8) is 0 Å². The molecule has 10 nitrogen and oxygen atoms in total. The summed E-state index contributed by atoms with van der Waals surface area (Å²) in [6.45, 7) is 2.14. The Morgan fingerprint density at radius 3 is 2.12 bits per heavy atom. The molecule has 5 rings (SSSR count). The Morgan fingerprint density at radius 2 is 1.56 bits per heavy atom. The number of urea groups is 1. The zero-order valence-electron chi connectivity index (χ0n) is 26.1. The van der Waals surface area contributed by atoms with Crippen molar-refractivity contribution in [3.05, 3.63) is 99.0 Å². The van der Waals surface area contributed by atoms with Gasteiger partial charge >= 0.3 is 12.2 Å². The summed E-state index contributed by atoms with van der Waals surface area (Å²) in [4.78, 5) is 22.6. The molecule has 0 aromatic heterocycles. The number of amides is 2. The maximum atomic E-state index is 14.6. The molecule has 1 saturated heterocycles. The Hall–Kier alpha value is -3.40. The second-order valence-electron chi connectivity index (χ2n) is 11.0. The highest BCUT2D eigenvalue weighted by atomic mass is 35.5. The number of nitrogens with one attached hydrogen (secondary N) is 1.